The van der Waals surface area contributed by atoms with Gasteiger partial charge in [0.15, 0.2) is 0 Å². The van der Waals surface area contributed by atoms with Crippen LogP contribution in [0.15, 0.2) is 30.7 Å². The molecular formula is C12H11N3O4. The van der Waals surface area contributed by atoms with Gasteiger partial charge in [-0.05, 0) is 18.2 Å². The van der Waals surface area contributed by atoms with E-state index in [1.807, 2.05) is 0 Å². The molecule has 0 radical (unpaired) electrons. The van der Waals surface area contributed by atoms with Gasteiger partial charge in [-0.3, -0.25) is 4.79 Å². The first-order chi connectivity index (χ1) is 8.99. The molecule has 2 rings (SSSR count). The molecule has 0 atom stereocenters. The molecule has 0 aliphatic rings. The number of aromatic carboxylic acids is 1. The van der Waals surface area contributed by atoms with Crippen molar-refractivity contribution in [1.29, 1.82) is 0 Å². The summed E-state index contributed by atoms with van der Waals surface area (Å²) in [5.74, 6) is -2.04. The van der Waals surface area contributed by atoms with E-state index < -0.39 is 11.9 Å². The lowest BCUT2D eigenvalue weighted by Gasteiger charge is -2.07. The lowest BCUT2D eigenvalue weighted by Crippen LogP contribution is -2.15. The van der Waals surface area contributed by atoms with E-state index in [-0.39, 0.29) is 17.0 Å². The molecule has 1 aromatic heterocycles. The Hall–Kier alpha value is -2.83. The second kappa shape index (κ2) is 4.81. The van der Waals surface area contributed by atoms with Crippen molar-refractivity contribution in [2.45, 2.75) is 0 Å². The van der Waals surface area contributed by atoms with Crippen LogP contribution in [0.1, 0.15) is 20.8 Å². The van der Waals surface area contributed by atoms with Crippen LogP contribution in [-0.4, -0.2) is 31.6 Å². The topological polar surface area (TPSA) is 104 Å². The molecule has 19 heavy (non-hydrogen) atoms. The summed E-state index contributed by atoms with van der Waals surface area (Å²) < 4.78 is 1.54. The number of amides is 1. The van der Waals surface area contributed by atoms with Gasteiger partial charge in [-0.25, -0.2) is 9.78 Å². The van der Waals surface area contributed by atoms with Crippen LogP contribution in [0.4, 0.5) is 5.69 Å². The summed E-state index contributed by atoms with van der Waals surface area (Å²) in [5, 5.41) is 20.8. The minimum absolute atomic E-state index is 0.275. The Morgan fingerprint density at radius 2 is 2.11 bits per heavy atom. The molecule has 1 heterocycles. The van der Waals surface area contributed by atoms with Gasteiger partial charge >= 0.3 is 5.97 Å². The fourth-order valence-electron chi connectivity index (χ4n) is 1.56. The van der Waals surface area contributed by atoms with Gasteiger partial charge in [-0.1, -0.05) is 0 Å². The number of benzene rings is 1. The van der Waals surface area contributed by atoms with Crippen molar-refractivity contribution in [3.05, 3.63) is 42.0 Å². The first-order valence-corrected chi connectivity index (χ1v) is 5.33. The number of carbonyl (C=O) groups excluding carboxylic acids is 1. The number of carboxylic acid groups (broad SMARTS) is 1. The zero-order valence-electron chi connectivity index (χ0n) is 9.99. The fourth-order valence-corrected chi connectivity index (χ4v) is 1.56. The molecule has 7 heteroatoms. The second-order valence-electron chi connectivity index (χ2n) is 3.88. The molecule has 0 fully saturated rings. The van der Waals surface area contributed by atoms with Gasteiger partial charge in [0, 0.05) is 12.7 Å². The van der Waals surface area contributed by atoms with Gasteiger partial charge in [-0.2, -0.15) is 0 Å². The lowest BCUT2D eigenvalue weighted by atomic mass is 10.2. The summed E-state index contributed by atoms with van der Waals surface area (Å²) in [6.45, 7) is 0. The molecule has 0 aliphatic carbocycles. The maximum atomic E-state index is 11.9. The second-order valence-corrected chi connectivity index (χ2v) is 3.88. The van der Waals surface area contributed by atoms with Crippen LogP contribution in [-0.2, 0) is 7.05 Å². The largest absolute Gasteiger partial charge is 0.507 e. The Bertz CT molecular complexity index is 648. The molecule has 1 aromatic carbocycles. The van der Waals surface area contributed by atoms with Gasteiger partial charge < -0.3 is 20.1 Å². The third kappa shape index (κ3) is 2.54. The van der Waals surface area contributed by atoms with E-state index in [1.165, 1.54) is 35.3 Å². The number of imidazole rings is 1. The summed E-state index contributed by atoms with van der Waals surface area (Å²) in [7, 11) is 1.67. The highest BCUT2D eigenvalue weighted by atomic mass is 16.4. The number of nitrogens with one attached hydrogen (secondary N) is 1. The Morgan fingerprint density at radius 3 is 2.68 bits per heavy atom. The number of anilines is 1. The molecule has 1 amide bonds. The van der Waals surface area contributed by atoms with Crippen LogP contribution in [0.2, 0.25) is 0 Å². The molecule has 0 aliphatic heterocycles. The highest BCUT2D eigenvalue weighted by Crippen LogP contribution is 2.21. The van der Waals surface area contributed by atoms with E-state index in [2.05, 4.69) is 10.3 Å². The first-order valence-electron chi connectivity index (χ1n) is 5.33. The van der Waals surface area contributed by atoms with E-state index in [9.17, 15) is 14.7 Å². The van der Waals surface area contributed by atoms with Gasteiger partial charge in [-0.15, -0.1) is 0 Å². The minimum Gasteiger partial charge on any atom is -0.507 e. The molecule has 7 nitrogen and oxygen atoms in total. The highest BCUT2D eigenvalue weighted by Gasteiger charge is 2.13. The van der Waals surface area contributed by atoms with Crippen molar-refractivity contribution in [2.24, 2.45) is 7.05 Å². The standard InChI is InChI=1S/C12H11N3O4/c1-15-6-13-5-9(15)11(17)14-7-2-3-10(16)8(4-7)12(18)19/h2-6,16H,1H3,(H,14,17)(H,18,19). The van der Waals surface area contributed by atoms with Crippen molar-refractivity contribution >= 4 is 17.6 Å². The molecule has 0 bridgehead atoms. The lowest BCUT2D eigenvalue weighted by molar-refractivity contribution is 0.0693. The van der Waals surface area contributed by atoms with Crippen LogP contribution >= 0.6 is 0 Å². The predicted octanol–water partition coefficient (Wildman–Crippen LogP) is 1.08. The summed E-state index contributed by atoms with van der Waals surface area (Å²) in [5.41, 5.74) is 0.342. The Balaban J connectivity index is 2.25. The van der Waals surface area contributed by atoms with Crippen molar-refractivity contribution < 1.29 is 19.8 Å². The van der Waals surface area contributed by atoms with E-state index in [0.717, 1.165) is 0 Å². The maximum Gasteiger partial charge on any atom is 0.339 e. The average molecular weight is 261 g/mol. The van der Waals surface area contributed by atoms with Crippen LogP contribution in [0, 0.1) is 0 Å². The number of hydrogen-bond acceptors (Lipinski definition) is 4. The van der Waals surface area contributed by atoms with E-state index in [0.29, 0.717) is 5.69 Å². The number of aromatic hydroxyl groups is 1. The number of nitrogens with zero attached hydrogens (tertiary/aromatic N) is 2. The number of carboxylic acids is 1. The van der Waals surface area contributed by atoms with Crippen molar-refractivity contribution in [2.75, 3.05) is 5.32 Å². The van der Waals surface area contributed by atoms with Gasteiger partial charge in [0.05, 0.1) is 12.5 Å². The number of aryl methyl sites for hydroxylation is 1. The smallest absolute Gasteiger partial charge is 0.339 e. The molecular weight excluding hydrogens is 250 g/mol. The molecule has 0 saturated carbocycles. The normalized spacial score (nSPS) is 10.2. The summed E-state index contributed by atoms with van der Waals surface area (Å²) in [6.07, 6.45) is 2.88. The Labute approximate surface area is 108 Å². The van der Waals surface area contributed by atoms with E-state index in [4.69, 9.17) is 5.11 Å². The Morgan fingerprint density at radius 1 is 1.37 bits per heavy atom. The zero-order chi connectivity index (χ0) is 14.0. The molecule has 98 valence electrons. The summed E-state index contributed by atoms with van der Waals surface area (Å²) >= 11 is 0. The van der Waals surface area contributed by atoms with E-state index >= 15 is 0 Å². The fraction of sp³-hybridized carbons (Fsp3) is 0.0833. The molecule has 0 unspecified atom stereocenters. The summed E-state index contributed by atoms with van der Waals surface area (Å²) in [4.78, 5) is 26.5. The summed E-state index contributed by atoms with van der Waals surface area (Å²) in [6, 6.07) is 3.81. The van der Waals surface area contributed by atoms with Crippen LogP contribution in [0.5, 0.6) is 5.75 Å². The van der Waals surface area contributed by atoms with Gasteiger partial charge in [0.1, 0.15) is 17.0 Å². The third-order valence-corrected chi connectivity index (χ3v) is 2.53. The first kappa shape index (κ1) is 12.6. The van der Waals surface area contributed by atoms with Crippen molar-refractivity contribution in [3.8, 4) is 5.75 Å². The van der Waals surface area contributed by atoms with Crippen LogP contribution in [0.3, 0.4) is 0 Å². The predicted molar refractivity (Wildman–Crippen MR) is 66.2 cm³/mol. The number of hydrogen-bond donors (Lipinski definition) is 3. The molecule has 3 N–H and O–H groups in total. The van der Waals surface area contributed by atoms with E-state index in [1.54, 1.807) is 7.05 Å². The SMILES string of the molecule is Cn1cncc1C(=O)Nc1ccc(O)c(C(=O)O)c1. The quantitative estimate of drug-likeness (QED) is 0.717. The third-order valence-electron chi connectivity index (χ3n) is 2.53. The number of rotatable bonds is 3. The van der Waals surface area contributed by atoms with Crippen molar-refractivity contribution in [1.82, 2.24) is 9.55 Å². The van der Waals surface area contributed by atoms with Gasteiger partial charge in [0.2, 0.25) is 0 Å². The monoisotopic (exact) mass is 261 g/mol. The molecule has 0 saturated heterocycles. The van der Waals surface area contributed by atoms with Crippen molar-refractivity contribution in [3.63, 3.8) is 0 Å². The number of phenols is 1. The Kier molecular flexibility index (Phi) is 3.19. The highest BCUT2D eigenvalue weighted by molar-refractivity contribution is 6.03. The molecule has 2 aromatic rings. The maximum absolute atomic E-state index is 11.9. The number of carbonyl (C=O) groups is 2. The van der Waals surface area contributed by atoms with Gasteiger partial charge in [0.25, 0.3) is 5.91 Å². The average Bonchev–Trinajstić information content (AvgIpc) is 2.77. The molecule has 0 spiro atoms. The minimum atomic E-state index is -1.27. The van der Waals surface area contributed by atoms with Crippen LogP contribution < -0.4 is 5.32 Å². The zero-order valence-corrected chi connectivity index (χ0v) is 9.99. The van der Waals surface area contributed by atoms with Crippen LogP contribution in [0.25, 0.3) is 0 Å². The number of aromatic nitrogens is 2.